The van der Waals surface area contributed by atoms with Crippen LogP contribution in [0.25, 0.3) is 4.96 Å². The van der Waals surface area contributed by atoms with Gasteiger partial charge in [-0.25, -0.2) is 4.98 Å². The lowest BCUT2D eigenvalue weighted by molar-refractivity contribution is 0.416. The van der Waals surface area contributed by atoms with E-state index < -0.39 is 0 Å². The Labute approximate surface area is 122 Å². The van der Waals surface area contributed by atoms with E-state index >= 15 is 0 Å². The van der Waals surface area contributed by atoms with Crippen molar-refractivity contribution in [1.82, 2.24) is 9.38 Å². The van der Waals surface area contributed by atoms with Gasteiger partial charge in [0, 0.05) is 11.1 Å². The molecule has 0 spiro atoms. The first kappa shape index (κ1) is 13.0. The molecule has 0 aliphatic heterocycles. The van der Waals surface area contributed by atoms with Crippen LogP contribution in [-0.4, -0.2) is 16.5 Å². The third-order valence-corrected chi connectivity index (χ3v) is 4.19. The fourth-order valence-electron chi connectivity index (χ4n) is 2.29. The quantitative estimate of drug-likeness (QED) is 0.796. The molecule has 1 aromatic carbocycles. The van der Waals surface area contributed by atoms with Crippen LogP contribution >= 0.6 is 11.3 Å². The van der Waals surface area contributed by atoms with Crippen molar-refractivity contribution in [1.29, 1.82) is 0 Å². The molecular weight excluding hydrogens is 270 g/mol. The molecule has 5 heteroatoms. The molecule has 104 valence electrons. The van der Waals surface area contributed by atoms with Gasteiger partial charge < -0.3 is 10.1 Å². The molecule has 0 aliphatic rings. The fraction of sp³-hybridized carbons (Fsp3) is 0.267. The van der Waals surface area contributed by atoms with Gasteiger partial charge in [0.1, 0.15) is 5.75 Å². The average Bonchev–Trinajstić information content (AvgIpc) is 2.92. The molecule has 3 aromatic rings. The van der Waals surface area contributed by atoms with E-state index in [2.05, 4.69) is 27.8 Å². The van der Waals surface area contributed by atoms with Crippen LogP contribution in [0.5, 0.6) is 5.75 Å². The van der Waals surface area contributed by atoms with Gasteiger partial charge >= 0.3 is 0 Å². The summed E-state index contributed by atoms with van der Waals surface area (Å²) < 4.78 is 7.52. The molecule has 0 saturated carbocycles. The van der Waals surface area contributed by atoms with E-state index in [-0.39, 0.29) is 0 Å². The number of ether oxygens (including phenoxy) is 1. The zero-order valence-electron chi connectivity index (χ0n) is 11.8. The number of nitrogens with one attached hydrogen (secondary N) is 1. The van der Waals surface area contributed by atoms with Crippen LogP contribution in [0.2, 0.25) is 0 Å². The molecule has 20 heavy (non-hydrogen) atoms. The summed E-state index contributed by atoms with van der Waals surface area (Å²) >= 11 is 1.72. The molecule has 0 atom stereocenters. The molecule has 4 nitrogen and oxygen atoms in total. The number of nitrogens with zero attached hydrogens (tertiary/aromatic N) is 2. The van der Waals surface area contributed by atoms with Crippen LogP contribution in [0.1, 0.15) is 16.3 Å². The molecule has 0 unspecified atom stereocenters. The van der Waals surface area contributed by atoms with Gasteiger partial charge in [-0.05, 0) is 26.0 Å². The highest BCUT2D eigenvalue weighted by Crippen LogP contribution is 2.25. The second-order valence-electron chi connectivity index (χ2n) is 4.69. The first-order chi connectivity index (χ1) is 9.69. The third kappa shape index (κ3) is 2.25. The van der Waals surface area contributed by atoms with Gasteiger partial charge in [0.15, 0.2) is 4.96 Å². The summed E-state index contributed by atoms with van der Waals surface area (Å²) in [6, 6.07) is 7.94. The zero-order valence-corrected chi connectivity index (χ0v) is 12.6. The number of imidazole rings is 1. The van der Waals surface area contributed by atoms with E-state index in [0.717, 1.165) is 28.6 Å². The number of hydrogen-bond acceptors (Lipinski definition) is 4. The van der Waals surface area contributed by atoms with Crippen LogP contribution in [0.15, 0.2) is 30.5 Å². The summed E-state index contributed by atoms with van der Waals surface area (Å²) in [6.07, 6.45) is 2.14. The number of thiazole rings is 1. The van der Waals surface area contributed by atoms with Crippen molar-refractivity contribution in [3.8, 4) is 5.75 Å². The summed E-state index contributed by atoms with van der Waals surface area (Å²) in [5.74, 6) is 0.854. The topological polar surface area (TPSA) is 38.6 Å². The van der Waals surface area contributed by atoms with Gasteiger partial charge in [0.05, 0.1) is 30.7 Å². The van der Waals surface area contributed by atoms with Crippen molar-refractivity contribution in [2.24, 2.45) is 0 Å². The molecule has 0 saturated heterocycles. The standard InChI is InChI=1S/C15H17N3OS/c1-10-9-18-13(11(2)17-15(18)20-10)8-16-12-6-4-5-7-14(12)19-3/h4-7,9,16H,8H2,1-3H3. The monoisotopic (exact) mass is 287 g/mol. The van der Waals surface area contributed by atoms with Crippen LogP contribution < -0.4 is 10.1 Å². The maximum Gasteiger partial charge on any atom is 0.194 e. The summed E-state index contributed by atoms with van der Waals surface area (Å²) in [5.41, 5.74) is 3.25. The van der Waals surface area contributed by atoms with Crippen LogP contribution in [0, 0.1) is 13.8 Å². The molecule has 0 bridgehead atoms. The minimum atomic E-state index is 0.726. The summed E-state index contributed by atoms with van der Waals surface area (Å²) in [6.45, 7) is 4.88. The number of aryl methyl sites for hydroxylation is 2. The van der Waals surface area contributed by atoms with Crippen molar-refractivity contribution >= 4 is 22.0 Å². The molecule has 0 fully saturated rings. The number of para-hydroxylation sites is 2. The lowest BCUT2D eigenvalue weighted by atomic mass is 10.2. The molecule has 2 heterocycles. The zero-order chi connectivity index (χ0) is 14.1. The fourth-order valence-corrected chi connectivity index (χ4v) is 3.18. The number of aromatic nitrogens is 2. The van der Waals surface area contributed by atoms with E-state index in [4.69, 9.17) is 4.74 Å². The van der Waals surface area contributed by atoms with E-state index in [1.807, 2.05) is 31.2 Å². The normalized spacial score (nSPS) is 10.9. The maximum atomic E-state index is 5.35. The highest BCUT2D eigenvalue weighted by atomic mass is 32.1. The van der Waals surface area contributed by atoms with E-state index in [9.17, 15) is 0 Å². The molecule has 2 aromatic heterocycles. The lowest BCUT2D eigenvalue weighted by Crippen LogP contribution is -2.04. The van der Waals surface area contributed by atoms with Crippen molar-refractivity contribution in [3.05, 3.63) is 46.7 Å². The Morgan fingerprint density at radius 3 is 2.90 bits per heavy atom. The number of fused-ring (bicyclic) bond motifs is 1. The van der Waals surface area contributed by atoms with Crippen molar-refractivity contribution in [3.63, 3.8) is 0 Å². The Bertz CT molecular complexity index is 745. The van der Waals surface area contributed by atoms with Gasteiger partial charge in [-0.2, -0.15) is 0 Å². The van der Waals surface area contributed by atoms with E-state index in [1.54, 1.807) is 18.4 Å². The second kappa shape index (κ2) is 5.17. The Hall–Kier alpha value is -2.01. The lowest BCUT2D eigenvalue weighted by Gasteiger charge is -2.10. The van der Waals surface area contributed by atoms with Gasteiger partial charge in [-0.15, -0.1) is 11.3 Å². The van der Waals surface area contributed by atoms with Gasteiger partial charge in [0.2, 0.25) is 0 Å². The Balaban J connectivity index is 1.88. The smallest absolute Gasteiger partial charge is 0.194 e. The Kier molecular flexibility index (Phi) is 3.36. The second-order valence-corrected chi connectivity index (χ2v) is 5.91. The minimum absolute atomic E-state index is 0.726. The van der Waals surface area contributed by atoms with Crippen molar-refractivity contribution in [2.45, 2.75) is 20.4 Å². The first-order valence-corrected chi connectivity index (χ1v) is 7.31. The van der Waals surface area contributed by atoms with Gasteiger partial charge in [-0.1, -0.05) is 12.1 Å². The minimum Gasteiger partial charge on any atom is -0.495 e. The predicted octanol–water partition coefficient (Wildman–Crippen LogP) is 3.63. The molecule has 0 radical (unpaired) electrons. The summed E-state index contributed by atoms with van der Waals surface area (Å²) in [4.78, 5) is 6.92. The van der Waals surface area contributed by atoms with Crippen molar-refractivity contribution in [2.75, 3.05) is 12.4 Å². The number of methoxy groups -OCH3 is 1. The predicted molar refractivity (Wildman–Crippen MR) is 82.9 cm³/mol. The van der Waals surface area contributed by atoms with Crippen LogP contribution in [0.4, 0.5) is 5.69 Å². The van der Waals surface area contributed by atoms with Gasteiger partial charge in [-0.3, -0.25) is 4.40 Å². The number of rotatable bonds is 4. The molecule has 0 amide bonds. The van der Waals surface area contributed by atoms with Gasteiger partial charge in [0.25, 0.3) is 0 Å². The van der Waals surface area contributed by atoms with Crippen molar-refractivity contribution < 1.29 is 4.74 Å². The summed E-state index contributed by atoms with van der Waals surface area (Å²) in [7, 11) is 1.69. The number of benzene rings is 1. The maximum absolute atomic E-state index is 5.35. The average molecular weight is 287 g/mol. The third-order valence-electron chi connectivity index (χ3n) is 3.29. The highest BCUT2D eigenvalue weighted by molar-refractivity contribution is 7.17. The number of hydrogen-bond donors (Lipinski definition) is 1. The first-order valence-electron chi connectivity index (χ1n) is 6.50. The Morgan fingerprint density at radius 1 is 1.30 bits per heavy atom. The van der Waals surface area contributed by atoms with E-state index in [1.165, 1.54) is 10.6 Å². The molecule has 1 N–H and O–H groups in total. The molecule has 3 rings (SSSR count). The molecule has 0 aliphatic carbocycles. The largest absolute Gasteiger partial charge is 0.495 e. The SMILES string of the molecule is COc1ccccc1NCc1c(C)nc2sc(C)cn12. The van der Waals surface area contributed by atoms with E-state index in [0.29, 0.717) is 0 Å². The number of anilines is 1. The van der Waals surface area contributed by atoms with Crippen LogP contribution in [-0.2, 0) is 6.54 Å². The summed E-state index contributed by atoms with van der Waals surface area (Å²) in [5, 5.41) is 3.43. The molecular formula is C15H17N3OS. The Morgan fingerprint density at radius 2 is 2.10 bits per heavy atom. The highest BCUT2D eigenvalue weighted by Gasteiger charge is 2.11. The van der Waals surface area contributed by atoms with Crippen LogP contribution in [0.3, 0.4) is 0 Å².